The van der Waals surface area contributed by atoms with Gasteiger partial charge in [0.1, 0.15) is 11.3 Å². The van der Waals surface area contributed by atoms with Gasteiger partial charge in [0.05, 0.1) is 35.8 Å². The van der Waals surface area contributed by atoms with Crippen LogP contribution in [-0.2, 0) is 13.6 Å². The Labute approximate surface area is 189 Å². The Kier molecular flexibility index (Phi) is 5.17. The molecule has 1 aromatic carbocycles. The lowest BCUT2D eigenvalue weighted by Crippen LogP contribution is -2.13. The second-order valence-corrected chi connectivity index (χ2v) is 7.78. The van der Waals surface area contributed by atoms with Crippen LogP contribution in [0.15, 0.2) is 55.2 Å². The molecule has 0 aliphatic heterocycles. The Balaban J connectivity index is 1.33. The van der Waals surface area contributed by atoms with E-state index in [1.807, 2.05) is 55.8 Å². The highest BCUT2D eigenvalue weighted by molar-refractivity contribution is 6.05. The van der Waals surface area contributed by atoms with Crippen molar-refractivity contribution in [3.8, 4) is 0 Å². The predicted octanol–water partition coefficient (Wildman–Crippen LogP) is 3.55. The van der Waals surface area contributed by atoms with Gasteiger partial charge in [0, 0.05) is 25.5 Å². The van der Waals surface area contributed by atoms with E-state index in [0.29, 0.717) is 28.4 Å². The summed E-state index contributed by atoms with van der Waals surface area (Å²) in [5.41, 5.74) is 5.10. The number of carbonyl (C=O) groups excluding carboxylic acids is 1. The number of nitrogens with zero attached hydrogens (tertiary/aromatic N) is 7. The molecule has 4 aromatic heterocycles. The van der Waals surface area contributed by atoms with E-state index in [-0.39, 0.29) is 11.9 Å². The fourth-order valence-electron chi connectivity index (χ4n) is 3.70. The van der Waals surface area contributed by atoms with Gasteiger partial charge in [-0.3, -0.25) is 4.79 Å². The van der Waals surface area contributed by atoms with Gasteiger partial charge in [-0.2, -0.15) is 5.10 Å². The number of aryl methyl sites for hydroxylation is 2. The summed E-state index contributed by atoms with van der Waals surface area (Å²) < 4.78 is 3.65. The molecule has 2 N–H and O–H groups in total. The van der Waals surface area contributed by atoms with Crippen LogP contribution in [0.5, 0.6) is 0 Å². The Morgan fingerprint density at radius 2 is 2.00 bits per heavy atom. The zero-order valence-electron chi connectivity index (χ0n) is 18.5. The summed E-state index contributed by atoms with van der Waals surface area (Å²) >= 11 is 0. The summed E-state index contributed by atoms with van der Waals surface area (Å²) in [5, 5.41) is 10.5. The fraction of sp³-hybridized carbons (Fsp3) is 0.217. The summed E-state index contributed by atoms with van der Waals surface area (Å²) in [4.78, 5) is 30.4. The molecule has 1 atom stereocenters. The van der Waals surface area contributed by atoms with E-state index < -0.39 is 0 Å². The lowest BCUT2D eigenvalue weighted by atomic mass is 10.1. The first-order chi connectivity index (χ1) is 16.0. The average molecular weight is 441 g/mol. The smallest absolute Gasteiger partial charge is 0.257 e. The zero-order valence-corrected chi connectivity index (χ0v) is 18.5. The molecule has 0 spiro atoms. The molecule has 0 fully saturated rings. The second-order valence-electron chi connectivity index (χ2n) is 7.78. The van der Waals surface area contributed by atoms with Crippen molar-refractivity contribution in [2.75, 3.05) is 10.6 Å². The van der Waals surface area contributed by atoms with E-state index >= 15 is 0 Å². The number of rotatable bonds is 6. The lowest BCUT2D eigenvalue weighted by molar-refractivity contribution is 0.102. The maximum Gasteiger partial charge on any atom is 0.257 e. The van der Waals surface area contributed by atoms with Crippen LogP contribution in [0.1, 0.15) is 35.8 Å². The molecule has 5 rings (SSSR count). The highest BCUT2D eigenvalue weighted by Gasteiger charge is 2.13. The molecule has 33 heavy (non-hydrogen) atoms. The van der Waals surface area contributed by atoms with E-state index in [1.54, 1.807) is 29.6 Å². The van der Waals surface area contributed by atoms with Gasteiger partial charge in [0.15, 0.2) is 11.3 Å². The average Bonchev–Trinajstić information content (AvgIpc) is 3.41. The second kappa shape index (κ2) is 8.30. The summed E-state index contributed by atoms with van der Waals surface area (Å²) in [6.45, 7) is 4.81. The van der Waals surface area contributed by atoms with Crippen LogP contribution < -0.4 is 10.6 Å². The molecule has 0 aliphatic carbocycles. The maximum absolute atomic E-state index is 12.9. The normalized spacial score (nSPS) is 12.2. The first kappa shape index (κ1) is 20.6. The minimum atomic E-state index is -0.224. The molecule has 0 radical (unpaired) electrons. The van der Waals surface area contributed by atoms with Crippen LogP contribution >= 0.6 is 0 Å². The van der Waals surface area contributed by atoms with E-state index in [4.69, 9.17) is 0 Å². The summed E-state index contributed by atoms with van der Waals surface area (Å²) in [6.07, 6.45) is 6.65. The van der Waals surface area contributed by atoms with Gasteiger partial charge in [0.25, 0.3) is 5.91 Å². The highest BCUT2D eigenvalue weighted by atomic mass is 16.1. The van der Waals surface area contributed by atoms with Gasteiger partial charge in [-0.05, 0) is 37.6 Å². The molecule has 10 heteroatoms. The molecule has 1 amide bonds. The number of carbonyl (C=O) groups is 1. The fourth-order valence-corrected chi connectivity index (χ4v) is 3.70. The quantitative estimate of drug-likeness (QED) is 0.414. The predicted molar refractivity (Wildman–Crippen MR) is 126 cm³/mol. The van der Waals surface area contributed by atoms with Crippen molar-refractivity contribution in [3.05, 3.63) is 66.4 Å². The van der Waals surface area contributed by atoms with Gasteiger partial charge < -0.3 is 15.2 Å². The number of nitrogens with one attached hydrogen (secondary N) is 2. The number of amides is 1. The van der Waals surface area contributed by atoms with Crippen molar-refractivity contribution in [3.63, 3.8) is 0 Å². The van der Waals surface area contributed by atoms with Gasteiger partial charge in [-0.1, -0.05) is 12.1 Å². The number of anilines is 2. The van der Waals surface area contributed by atoms with E-state index in [1.165, 1.54) is 0 Å². The third-order valence-corrected chi connectivity index (χ3v) is 5.53. The Bertz CT molecular complexity index is 1470. The SMILES string of the molecule is CCn1cnc2ncc(C(=O)Nc3cccc([C@H](C)Nc4cnc5cnn(C)c5n4)c3)cc21. The molecular formula is C23H23N9O. The first-order valence-electron chi connectivity index (χ1n) is 10.7. The van der Waals surface area contributed by atoms with Crippen molar-refractivity contribution >= 4 is 39.7 Å². The Morgan fingerprint density at radius 3 is 2.85 bits per heavy atom. The minimum Gasteiger partial charge on any atom is -0.362 e. The van der Waals surface area contributed by atoms with E-state index in [2.05, 4.69) is 35.7 Å². The van der Waals surface area contributed by atoms with Crippen LogP contribution in [0.2, 0.25) is 0 Å². The molecule has 0 aliphatic rings. The number of benzene rings is 1. The van der Waals surface area contributed by atoms with Crippen LogP contribution in [-0.4, -0.2) is 40.2 Å². The highest BCUT2D eigenvalue weighted by Crippen LogP contribution is 2.22. The van der Waals surface area contributed by atoms with Gasteiger partial charge >= 0.3 is 0 Å². The van der Waals surface area contributed by atoms with Crippen LogP contribution in [0.25, 0.3) is 22.3 Å². The molecule has 0 unspecified atom stereocenters. The van der Waals surface area contributed by atoms with E-state index in [9.17, 15) is 4.79 Å². The Hall–Kier alpha value is -4.34. The number of fused-ring (bicyclic) bond motifs is 2. The topological polar surface area (TPSA) is 115 Å². The summed E-state index contributed by atoms with van der Waals surface area (Å²) in [7, 11) is 1.83. The van der Waals surface area contributed by atoms with Gasteiger partial charge in [0.2, 0.25) is 0 Å². The Morgan fingerprint density at radius 1 is 1.12 bits per heavy atom. The number of hydrogen-bond donors (Lipinski definition) is 2. The third kappa shape index (κ3) is 3.98. The molecule has 0 saturated carbocycles. The lowest BCUT2D eigenvalue weighted by Gasteiger charge is -2.16. The van der Waals surface area contributed by atoms with Crippen molar-refractivity contribution in [2.45, 2.75) is 26.4 Å². The first-order valence-corrected chi connectivity index (χ1v) is 10.7. The number of imidazole rings is 1. The van der Waals surface area contributed by atoms with Gasteiger partial charge in [-0.25, -0.2) is 24.6 Å². The van der Waals surface area contributed by atoms with E-state index in [0.717, 1.165) is 23.1 Å². The molecule has 5 aromatic rings. The molecule has 4 heterocycles. The molecule has 0 saturated heterocycles. The van der Waals surface area contributed by atoms with Crippen molar-refractivity contribution in [1.82, 2.24) is 34.3 Å². The van der Waals surface area contributed by atoms with Crippen LogP contribution in [0.4, 0.5) is 11.5 Å². The maximum atomic E-state index is 12.9. The van der Waals surface area contributed by atoms with Gasteiger partial charge in [-0.15, -0.1) is 0 Å². The summed E-state index contributed by atoms with van der Waals surface area (Å²) in [5.74, 6) is 0.429. The number of hydrogen-bond acceptors (Lipinski definition) is 7. The number of aromatic nitrogens is 7. The molecule has 10 nitrogen and oxygen atoms in total. The standard InChI is InChI=1S/C23H23N9O/c1-4-32-13-26-21-19(32)9-16(10-25-21)23(33)29-17-7-5-6-15(8-17)14(2)28-20-12-24-18-11-27-31(3)22(18)30-20/h5-14H,4H2,1-3H3,(H,28,30)(H,29,33)/t14-/m0/s1. The van der Waals surface area contributed by atoms with Crippen molar-refractivity contribution in [2.24, 2.45) is 7.05 Å². The van der Waals surface area contributed by atoms with Crippen LogP contribution in [0, 0.1) is 0 Å². The minimum absolute atomic E-state index is 0.0567. The third-order valence-electron chi connectivity index (χ3n) is 5.53. The van der Waals surface area contributed by atoms with Crippen LogP contribution in [0.3, 0.4) is 0 Å². The van der Waals surface area contributed by atoms with Crippen molar-refractivity contribution < 1.29 is 4.79 Å². The largest absolute Gasteiger partial charge is 0.362 e. The van der Waals surface area contributed by atoms with Crippen molar-refractivity contribution in [1.29, 1.82) is 0 Å². The summed E-state index contributed by atoms with van der Waals surface area (Å²) in [6, 6.07) is 9.46. The zero-order chi connectivity index (χ0) is 22.9. The monoisotopic (exact) mass is 441 g/mol. The molecular weight excluding hydrogens is 418 g/mol. The number of pyridine rings is 1. The molecule has 0 bridgehead atoms. The molecule has 166 valence electrons.